The molecule has 0 aliphatic carbocycles. The Labute approximate surface area is 92.0 Å². The molecule has 1 unspecified atom stereocenters. The summed E-state index contributed by atoms with van der Waals surface area (Å²) in [6.45, 7) is 6.37. The SMILES string of the molecule is CCC(N)CC(=O)N(CCC#N)C(C)C. The Morgan fingerprint density at radius 1 is 1.53 bits per heavy atom. The van der Waals surface area contributed by atoms with Crippen LogP contribution in [-0.4, -0.2) is 29.4 Å². The lowest BCUT2D eigenvalue weighted by Gasteiger charge is -2.26. The van der Waals surface area contributed by atoms with Gasteiger partial charge in [-0.15, -0.1) is 0 Å². The maximum Gasteiger partial charge on any atom is 0.224 e. The van der Waals surface area contributed by atoms with E-state index in [2.05, 4.69) is 6.07 Å². The Bertz CT molecular complexity index is 232. The summed E-state index contributed by atoms with van der Waals surface area (Å²) in [7, 11) is 0. The first-order chi connectivity index (χ1) is 7.02. The van der Waals surface area contributed by atoms with Crippen LogP contribution in [0.1, 0.15) is 40.0 Å². The number of hydrogen-bond donors (Lipinski definition) is 1. The average molecular weight is 211 g/mol. The van der Waals surface area contributed by atoms with Crippen LogP contribution in [0.15, 0.2) is 0 Å². The fraction of sp³-hybridized carbons (Fsp3) is 0.818. The number of carbonyl (C=O) groups excluding carboxylic acids is 1. The number of rotatable bonds is 6. The summed E-state index contributed by atoms with van der Waals surface area (Å²) in [6, 6.07) is 2.12. The Kier molecular flexibility index (Phi) is 6.72. The van der Waals surface area contributed by atoms with Crippen LogP contribution < -0.4 is 5.73 Å². The van der Waals surface area contributed by atoms with Gasteiger partial charge in [-0.25, -0.2) is 0 Å². The van der Waals surface area contributed by atoms with Crippen LogP contribution in [0.5, 0.6) is 0 Å². The lowest BCUT2D eigenvalue weighted by molar-refractivity contribution is -0.133. The minimum atomic E-state index is -0.0687. The summed E-state index contributed by atoms with van der Waals surface area (Å²) in [5.74, 6) is 0.0506. The van der Waals surface area contributed by atoms with E-state index in [1.807, 2.05) is 20.8 Å². The zero-order chi connectivity index (χ0) is 11.8. The molecule has 0 aromatic rings. The molecule has 15 heavy (non-hydrogen) atoms. The van der Waals surface area contributed by atoms with Gasteiger partial charge >= 0.3 is 0 Å². The number of nitriles is 1. The van der Waals surface area contributed by atoms with E-state index in [1.165, 1.54) is 0 Å². The molecule has 0 heterocycles. The van der Waals surface area contributed by atoms with Gasteiger partial charge in [-0.1, -0.05) is 6.92 Å². The summed E-state index contributed by atoms with van der Waals surface area (Å²) >= 11 is 0. The molecular weight excluding hydrogens is 190 g/mol. The van der Waals surface area contributed by atoms with E-state index in [0.717, 1.165) is 6.42 Å². The molecule has 0 rings (SSSR count). The van der Waals surface area contributed by atoms with Crippen molar-refractivity contribution in [3.63, 3.8) is 0 Å². The van der Waals surface area contributed by atoms with Crippen molar-refractivity contribution in [3.05, 3.63) is 0 Å². The molecule has 0 aromatic carbocycles. The van der Waals surface area contributed by atoms with Crippen LogP contribution in [0, 0.1) is 11.3 Å². The summed E-state index contributed by atoms with van der Waals surface area (Å²) < 4.78 is 0. The highest BCUT2D eigenvalue weighted by molar-refractivity contribution is 5.77. The van der Waals surface area contributed by atoms with E-state index >= 15 is 0 Å². The Balaban J connectivity index is 4.24. The monoisotopic (exact) mass is 211 g/mol. The first kappa shape index (κ1) is 13.9. The van der Waals surface area contributed by atoms with Crippen molar-refractivity contribution in [1.29, 1.82) is 5.26 Å². The molecule has 86 valence electrons. The second-order valence-corrected chi connectivity index (χ2v) is 3.96. The van der Waals surface area contributed by atoms with Crippen LogP contribution in [0.3, 0.4) is 0 Å². The van der Waals surface area contributed by atoms with Gasteiger partial charge in [0, 0.05) is 25.0 Å². The van der Waals surface area contributed by atoms with Gasteiger partial charge in [0.25, 0.3) is 0 Å². The molecule has 4 heteroatoms. The summed E-state index contributed by atoms with van der Waals surface area (Å²) in [5.41, 5.74) is 5.73. The van der Waals surface area contributed by atoms with Crippen molar-refractivity contribution in [2.75, 3.05) is 6.54 Å². The van der Waals surface area contributed by atoms with E-state index in [4.69, 9.17) is 11.0 Å². The van der Waals surface area contributed by atoms with Gasteiger partial charge in [-0.05, 0) is 20.3 Å². The van der Waals surface area contributed by atoms with Gasteiger partial charge in [-0.3, -0.25) is 4.79 Å². The molecule has 0 bridgehead atoms. The van der Waals surface area contributed by atoms with Crippen LogP contribution in [0.2, 0.25) is 0 Å². The molecule has 1 atom stereocenters. The minimum Gasteiger partial charge on any atom is -0.339 e. The second kappa shape index (κ2) is 7.24. The average Bonchev–Trinajstić information content (AvgIpc) is 2.17. The molecule has 4 nitrogen and oxygen atoms in total. The minimum absolute atomic E-state index is 0.0506. The number of nitrogens with two attached hydrogens (primary N) is 1. The summed E-state index contributed by atoms with van der Waals surface area (Å²) in [6.07, 6.45) is 1.56. The van der Waals surface area contributed by atoms with E-state index in [0.29, 0.717) is 19.4 Å². The van der Waals surface area contributed by atoms with Crippen LogP contribution in [0.25, 0.3) is 0 Å². The first-order valence-electron chi connectivity index (χ1n) is 5.44. The zero-order valence-electron chi connectivity index (χ0n) is 9.86. The van der Waals surface area contributed by atoms with Crippen molar-refractivity contribution in [3.8, 4) is 6.07 Å². The molecule has 2 N–H and O–H groups in total. The van der Waals surface area contributed by atoms with E-state index < -0.39 is 0 Å². The van der Waals surface area contributed by atoms with E-state index in [1.54, 1.807) is 4.90 Å². The van der Waals surface area contributed by atoms with E-state index in [-0.39, 0.29) is 18.0 Å². The van der Waals surface area contributed by atoms with Crippen molar-refractivity contribution in [1.82, 2.24) is 4.90 Å². The van der Waals surface area contributed by atoms with E-state index in [9.17, 15) is 4.79 Å². The van der Waals surface area contributed by atoms with Gasteiger partial charge in [0.05, 0.1) is 12.5 Å². The highest BCUT2D eigenvalue weighted by atomic mass is 16.2. The standard InChI is InChI=1S/C11H21N3O/c1-4-10(13)8-11(15)14(9(2)3)7-5-6-12/h9-10H,4-5,7-8,13H2,1-3H3. The fourth-order valence-electron chi connectivity index (χ4n) is 1.33. The molecule has 0 saturated heterocycles. The lowest BCUT2D eigenvalue weighted by atomic mass is 10.1. The topological polar surface area (TPSA) is 70.1 Å². The summed E-state index contributed by atoms with van der Waals surface area (Å²) in [5, 5.41) is 8.49. The highest BCUT2D eigenvalue weighted by Gasteiger charge is 2.18. The Hall–Kier alpha value is -1.08. The van der Waals surface area contributed by atoms with Gasteiger partial charge in [0.15, 0.2) is 0 Å². The molecule has 0 spiro atoms. The number of hydrogen-bond acceptors (Lipinski definition) is 3. The third-order valence-electron chi connectivity index (χ3n) is 2.37. The van der Waals surface area contributed by atoms with Gasteiger partial charge < -0.3 is 10.6 Å². The molecule has 0 saturated carbocycles. The van der Waals surface area contributed by atoms with Crippen LogP contribution in [-0.2, 0) is 4.79 Å². The lowest BCUT2D eigenvalue weighted by Crippen LogP contribution is -2.40. The third kappa shape index (κ3) is 5.38. The summed E-state index contributed by atoms with van der Waals surface area (Å²) in [4.78, 5) is 13.5. The van der Waals surface area contributed by atoms with Crippen molar-refractivity contribution >= 4 is 5.91 Å². The largest absolute Gasteiger partial charge is 0.339 e. The molecule has 1 amide bonds. The normalized spacial score (nSPS) is 12.3. The molecule has 0 aromatic heterocycles. The predicted octanol–water partition coefficient (Wildman–Crippen LogP) is 1.26. The molecule has 0 radical (unpaired) electrons. The Morgan fingerprint density at radius 2 is 2.13 bits per heavy atom. The molecule has 0 aliphatic heterocycles. The van der Waals surface area contributed by atoms with Crippen molar-refractivity contribution in [2.24, 2.45) is 5.73 Å². The fourth-order valence-corrected chi connectivity index (χ4v) is 1.33. The Morgan fingerprint density at radius 3 is 2.53 bits per heavy atom. The second-order valence-electron chi connectivity index (χ2n) is 3.96. The maximum absolute atomic E-state index is 11.8. The number of carbonyl (C=O) groups is 1. The first-order valence-corrected chi connectivity index (χ1v) is 5.44. The third-order valence-corrected chi connectivity index (χ3v) is 2.37. The zero-order valence-corrected chi connectivity index (χ0v) is 9.86. The molecular formula is C11H21N3O. The molecule has 0 fully saturated rings. The number of nitrogens with zero attached hydrogens (tertiary/aromatic N) is 2. The predicted molar refractivity (Wildman–Crippen MR) is 60.0 cm³/mol. The molecule has 0 aliphatic rings. The highest BCUT2D eigenvalue weighted by Crippen LogP contribution is 2.05. The van der Waals surface area contributed by atoms with Gasteiger partial charge in [0.2, 0.25) is 5.91 Å². The maximum atomic E-state index is 11.8. The quantitative estimate of drug-likeness (QED) is 0.719. The number of amides is 1. The van der Waals surface area contributed by atoms with Crippen molar-refractivity contribution in [2.45, 2.75) is 52.1 Å². The van der Waals surface area contributed by atoms with Crippen LogP contribution in [0.4, 0.5) is 0 Å². The van der Waals surface area contributed by atoms with Crippen LogP contribution >= 0.6 is 0 Å². The van der Waals surface area contributed by atoms with Gasteiger partial charge in [-0.2, -0.15) is 5.26 Å². The van der Waals surface area contributed by atoms with Gasteiger partial charge in [0.1, 0.15) is 0 Å². The van der Waals surface area contributed by atoms with Crippen molar-refractivity contribution < 1.29 is 4.79 Å². The smallest absolute Gasteiger partial charge is 0.224 e.